The van der Waals surface area contributed by atoms with Crippen molar-refractivity contribution in [3.05, 3.63) is 113 Å². The molecule has 1 aliphatic carbocycles. The second kappa shape index (κ2) is 6.45. The van der Waals surface area contributed by atoms with Crippen LogP contribution in [0.2, 0.25) is 0 Å². The topological polar surface area (TPSA) is 12.9 Å². The highest BCUT2D eigenvalue weighted by molar-refractivity contribution is 5.81. The molecule has 0 amide bonds. The van der Waals surface area contributed by atoms with Gasteiger partial charge < -0.3 is 0 Å². The average Bonchev–Trinajstić information content (AvgIpc) is 2.96. The maximum Gasteiger partial charge on any atom is 0.0701 e. The molecule has 0 bridgehead atoms. The molecule has 3 aromatic carbocycles. The van der Waals surface area contributed by atoms with Gasteiger partial charge in [0.2, 0.25) is 0 Å². The van der Waals surface area contributed by atoms with Crippen LogP contribution in [0.25, 0.3) is 22.4 Å². The van der Waals surface area contributed by atoms with Gasteiger partial charge in [0.15, 0.2) is 0 Å². The van der Waals surface area contributed by atoms with Gasteiger partial charge in [-0.05, 0) is 51.9 Å². The lowest BCUT2D eigenvalue weighted by molar-refractivity contribution is 0.660. The van der Waals surface area contributed by atoms with Crippen molar-refractivity contribution < 1.29 is 0 Å². The first-order chi connectivity index (χ1) is 13.6. The Labute approximate surface area is 166 Å². The van der Waals surface area contributed by atoms with E-state index in [0.717, 1.165) is 17.7 Å². The van der Waals surface area contributed by atoms with Crippen molar-refractivity contribution >= 4 is 0 Å². The Morgan fingerprint density at radius 3 is 2.18 bits per heavy atom. The Morgan fingerprint density at radius 2 is 1.39 bits per heavy atom. The van der Waals surface area contributed by atoms with E-state index >= 15 is 0 Å². The summed E-state index contributed by atoms with van der Waals surface area (Å²) in [6.45, 7) is 4.65. The Hall–Kier alpha value is -3.19. The number of nitrogens with zero attached hydrogens (tertiary/aromatic N) is 1. The number of hydrogen-bond acceptors (Lipinski definition) is 1. The minimum Gasteiger partial charge on any atom is -0.256 e. The molecule has 0 N–H and O–H groups in total. The molecule has 0 saturated heterocycles. The number of rotatable bonds is 3. The number of aromatic nitrogens is 1. The van der Waals surface area contributed by atoms with Crippen molar-refractivity contribution in [3.63, 3.8) is 0 Å². The normalized spacial score (nSPS) is 13.8. The fraction of sp³-hybridized carbons (Fsp3) is 0.148. The molecule has 0 spiro atoms. The summed E-state index contributed by atoms with van der Waals surface area (Å²) < 4.78 is 0. The van der Waals surface area contributed by atoms with Gasteiger partial charge in [0, 0.05) is 17.2 Å². The maximum absolute atomic E-state index is 4.44. The van der Waals surface area contributed by atoms with E-state index in [-0.39, 0.29) is 5.41 Å². The quantitative estimate of drug-likeness (QED) is 0.398. The SMILES string of the molecule is CC1(C)c2ccccc2-c2cc(Cc3ccc(-c4ccccn4)cc3)ccc21. The fourth-order valence-corrected chi connectivity index (χ4v) is 4.44. The Kier molecular flexibility index (Phi) is 3.91. The van der Waals surface area contributed by atoms with Gasteiger partial charge in [-0.25, -0.2) is 0 Å². The van der Waals surface area contributed by atoms with Crippen LogP contribution in [0.3, 0.4) is 0 Å². The van der Waals surface area contributed by atoms with Crippen LogP contribution in [-0.4, -0.2) is 4.98 Å². The molecule has 136 valence electrons. The van der Waals surface area contributed by atoms with E-state index in [1.807, 2.05) is 18.3 Å². The summed E-state index contributed by atoms with van der Waals surface area (Å²) in [6, 6.07) is 30.6. The third-order valence-electron chi connectivity index (χ3n) is 5.97. The smallest absolute Gasteiger partial charge is 0.0701 e. The Balaban J connectivity index is 1.45. The molecule has 0 saturated carbocycles. The molecule has 0 fully saturated rings. The van der Waals surface area contributed by atoms with Crippen molar-refractivity contribution in [2.45, 2.75) is 25.7 Å². The van der Waals surface area contributed by atoms with E-state index in [0.29, 0.717) is 0 Å². The molecule has 1 aromatic heterocycles. The highest BCUT2D eigenvalue weighted by atomic mass is 14.7. The minimum atomic E-state index is 0.0782. The molecule has 1 aliphatic rings. The van der Waals surface area contributed by atoms with Crippen LogP contribution in [-0.2, 0) is 11.8 Å². The fourth-order valence-electron chi connectivity index (χ4n) is 4.44. The van der Waals surface area contributed by atoms with E-state index in [9.17, 15) is 0 Å². The molecule has 0 aliphatic heterocycles. The van der Waals surface area contributed by atoms with Gasteiger partial charge in [0.25, 0.3) is 0 Å². The van der Waals surface area contributed by atoms with Gasteiger partial charge in [-0.3, -0.25) is 4.98 Å². The Morgan fingerprint density at radius 1 is 0.679 bits per heavy atom. The highest BCUT2D eigenvalue weighted by Gasteiger charge is 2.34. The predicted octanol–water partition coefficient (Wildman–Crippen LogP) is 6.65. The monoisotopic (exact) mass is 361 g/mol. The first-order valence-electron chi connectivity index (χ1n) is 9.86. The first-order valence-corrected chi connectivity index (χ1v) is 9.86. The summed E-state index contributed by atoms with van der Waals surface area (Å²) in [7, 11) is 0. The minimum absolute atomic E-state index is 0.0782. The standard InChI is InChI=1S/C27H23N/c1-27(2)24-8-4-3-7-22(24)23-18-20(12-15-25(23)27)17-19-10-13-21(14-11-19)26-9-5-6-16-28-26/h3-16,18H,17H2,1-2H3. The van der Waals surface area contributed by atoms with Crippen LogP contribution in [0.4, 0.5) is 0 Å². The second-order valence-electron chi connectivity index (χ2n) is 8.14. The summed E-state index contributed by atoms with van der Waals surface area (Å²) in [5, 5.41) is 0. The van der Waals surface area contributed by atoms with Crippen LogP contribution < -0.4 is 0 Å². The average molecular weight is 361 g/mol. The van der Waals surface area contributed by atoms with E-state index in [2.05, 4.69) is 91.6 Å². The third-order valence-corrected chi connectivity index (χ3v) is 5.97. The summed E-state index contributed by atoms with van der Waals surface area (Å²) in [5.41, 5.74) is 10.6. The predicted molar refractivity (Wildman–Crippen MR) is 116 cm³/mol. The number of fused-ring (bicyclic) bond motifs is 3. The van der Waals surface area contributed by atoms with Gasteiger partial charge >= 0.3 is 0 Å². The van der Waals surface area contributed by atoms with Gasteiger partial charge in [-0.2, -0.15) is 0 Å². The van der Waals surface area contributed by atoms with Crippen molar-refractivity contribution in [1.29, 1.82) is 0 Å². The van der Waals surface area contributed by atoms with Crippen LogP contribution in [0.15, 0.2) is 91.1 Å². The van der Waals surface area contributed by atoms with Crippen molar-refractivity contribution in [2.24, 2.45) is 0 Å². The number of benzene rings is 3. The summed E-state index contributed by atoms with van der Waals surface area (Å²) in [6.07, 6.45) is 2.78. The second-order valence-corrected chi connectivity index (χ2v) is 8.14. The molecule has 1 heteroatoms. The zero-order valence-electron chi connectivity index (χ0n) is 16.3. The van der Waals surface area contributed by atoms with Crippen molar-refractivity contribution in [3.8, 4) is 22.4 Å². The highest BCUT2D eigenvalue weighted by Crippen LogP contribution is 2.48. The zero-order valence-corrected chi connectivity index (χ0v) is 16.3. The zero-order chi connectivity index (χ0) is 19.1. The van der Waals surface area contributed by atoms with Crippen molar-refractivity contribution in [2.75, 3.05) is 0 Å². The molecule has 0 atom stereocenters. The van der Waals surface area contributed by atoms with E-state index in [4.69, 9.17) is 0 Å². The van der Waals surface area contributed by atoms with E-state index < -0.39 is 0 Å². The summed E-state index contributed by atoms with van der Waals surface area (Å²) in [4.78, 5) is 4.44. The van der Waals surface area contributed by atoms with Gasteiger partial charge in [-0.15, -0.1) is 0 Å². The van der Waals surface area contributed by atoms with Gasteiger partial charge in [0.1, 0.15) is 0 Å². The molecular formula is C27H23N. The summed E-state index contributed by atoms with van der Waals surface area (Å²) in [5.74, 6) is 0. The third kappa shape index (κ3) is 2.75. The number of hydrogen-bond donors (Lipinski definition) is 0. The van der Waals surface area contributed by atoms with Crippen molar-refractivity contribution in [1.82, 2.24) is 4.98 Å². The van der Waals surface area contributed by atoms with E-state index in [1.54, 1.807) is 0 Å². The molecule has 0 unspecified atom stereocenters. The molecule has 4 aromatic rings. The van der Waals surface area contributed by atoms with Crippen LogP contribution >= 0.6 is 0 Å². The molecular weight excluding hydrogens is 338 g/mol. The molecule has 28 heavy (non-hydrogen) atoms. The molecule has 5 rings (SSSR count). The van der Waals surface area contributed by atoms with Gasteiger partial charge in [0.05, 0.1) is 5.69 Å². The largest absolute Gasteiger partial charge is 0.256 e. The van der Waals surface area contributed by atoms with Crippen LogP contribution in [0.1, 0.15) is 36.1 Å². The lowest BCUT2D eigenvalue weighted by Gasteiger charge is -2.21. The molecule has 1 nitrogen and oxygen atoms in total. The van der Waals surface area contributed by atoms with E-state index in [1.165, 1.54) is 33.4 Å². The maximum atomic E-state index is 4.44. The van der Waals surface area contributed by atoms with Crippen LogP contribution in [0.5, 0.6) is 0 Å². The van der Waals surface area contributed by atoms with Gasteiger partial charge in [-0.1, -0.05) is 86.6 Å². The lowest BCUT2D eigenvalue weighted by Crippen LogP contribution is -2.14. The first kappa shape index (κ1) is 16.9. The Bertz CT molecular complexity index is 1140. The number of pyridine rings is 1. The summed E-state index contributed by atoms with van der Waals surface area (Å²) >= 11 is 0. The molecule has 0 radical (unpaired) electrons. The van der Waals surface area contributed by atoms with Crippen LogP contribution in [0, 0.1) is 0 Å². The lowest BCUT2D eigenvalue weighted by atomic mass is 9.82. The molecule has 1 heterocycles.